The van der Waals surface area contributed by atoms with Crippen LogP contribution in [0.4, 0.5) is 5.69 Å². The lowest BCUT2D eigenvalue weighted by molar-refractivity contribution is 0.549. The van der Waals surface area contributed by atoms with Gasteiger partial charge in [-0.15, -0.1) is 11.3 Å². The lowest BCUT2D eigenvalue weighted by atomic mass is 9.90. The fourth-order valence-electron chi connectivity index (χ4n) is 7.06. The Kier molecular flexibility index (Phi) is 9.27. The summed E-state index contributed by atoms with van der Waals surface area (Å²) in [5.41, 5.74) is 8.84. The fraction of sp³-hybridized carbons (Fsp3) is 0.196. The van der Waals surface area contributed by atoms with Crippen LogP contribution in [0.3, 0.4) is 0 Å². The Morgan fingerprint density at radius 3 is 2.09 bits per heavy atom. The van der Waals surface area contributed by atoms with Crippen LogP contribution in [0.15, 0.2) is 153 Å². The SMILES string of the molecule is CC(C)N=C1C=CC=C(N(C2=CC=C(c3ccccc3)C(=N)C2=NC(C)C)c2ccc(-c3ccc(-c4nc5ccccc5s4)cc3)c3c2=NC(C)(C)N=3)C1=N. The van der Waals surface area contributed by atoms with Gasteiger partial charge in [-0.05, 0) is 101 Å². The summed E-state index contributed by atoms with van der Waals surface area (Å²) >= 11 is 1.69. The molecule has 9 heteroatoms. The second kappa shape index (κ2) is 14.2. The zero-order valence-corrected chi connectivity index (χ0v) is 32.6. The Morgan fingerprint density at radius 1 is 0.673 bits per heavy atom. The maximum absolute atomic E-state index is 9.57. The summed E-state index contributed by atoms with van der Waals surface area (Å²) in [7, 11) is 0. The van der Waals surface area contributed by atoms with Crippen molar-refractivity contribution in [3.05, 3.63) is 149 Å². The molecule has 0 atom stereocenters. The quantitative estimate of drug-likeness (QED) is 0.155. The van der Waals surface area contributed by atoms with E-state index in [1.54, 1.807) is 11.3 Å². The van der Waals surface area contributed by atoms with Gasteiger partial charge in [-0.1, -0.05) is 72.8 Å². The molecule has 2 aliphatic carbocycles. The van der Waals surface area contributed by atoms with E-state index < -0.39 is 5.66 Å². The van der Waals surface area contributed by atoms with Crippen LogP contribution in [0.5, 0.6) is 0 Å². The number of aliphatic imine (C=N–C) groups is 2. The summed E-state index contributed by atoms with van der Waals surface area (Å²) in [5, 5.41) is 21.6. The molecule has 8 nitrogen and oxygen atoms in total. The van der Waals surface area contributed by atoms with Gasteiger partial charge < -0.3 is 4.90 Å². The Morgan fingerprint density at radius 2 is 1.36 bits per heavy atom. The molecular weight excluding hydrogens is 697 g/mol. The molecule has 0 fully saturated rings. The summed E-state index contributed by atoms with van der Waals surface area (Å²) in [6.45, 7) is 12.1. The molecule has 0 amide bonds. The second-order valence-electron chi connectivity index (χ2n) is 14.8. The predicted octanol–water partition coefficient (Wildman–Crippen LogP) is 9.60. The number of thiazole rings is 1. The highest BCUT2D eigenvalue weighted by molar-refractivity contribution is 7.21. The molecule has 2 heterocycles. The van der Waals surface area contributed by atoms with Crippen LogP contribution in [0.25, 0.3) is 37.5 Å². The highest BCUT2D eigenvalue weighted by Crippen LogP contribution is 2.34. The van der Waals surface area contributed by atoms with Crippen LogP contribution in [-0.2, 0) is 0 Å². The van der Waals surface area contributed by atoms with Crippen molar-refractivity contribution >= 4 is 55.7 Å². The van der Waals surface area contributed by atoms with Crippen molar-refractivity contribution in [2.45, 2.75) is 59.3 Å². The van der Waals surface area contributed by atoms with Gasteiger partial charge >= 0.3 is 0 Å². The van der Waals surface area contributed by atoms with Gasteiger partial charge in [-0.2, -0.15) is 0 Å². The topological polar surface area (TPSA) is 113 Å². The standard InChI is InChI=1S/C46H42N8S/c1-27(2)49-35-16-12-17-36(41(35)48)54(37-25-23-32(29-13-8-7-9-14-29)40(47)43(37)50-28(3)4)38-26-24-33(42-44(38)53-46(5,6)52-42)30-19-21-31(22-20-30)45-51-34-15-10-11-18-39(34)55-45/h7-28,47-48H,1-6H3. The van der Waals surface area contributed by atoms with Gasteiger partial charge in [0.25, 0.3) is 0 Å². The number of allylic oxidation sites excluding steroid dienone is 8. The van der Waals surface area contributed by atoms with Crippen molar-refractivity contribution in [1.29, 1.82) is 10.8 Å². The maximum atomic E-state index is 9.57. The molecule has 1 aliphatic heterocycles. The van der Waals surface area contributed by atoms with Gasteiger partial charge in [-0.3, -0.25) is 30.8 Å². The van der Waals surface area contributed by atoms with E-state index in [2.05, 4.69) is 42.5 Å². The lowest BCUT2D eigenvalue weighted by Gasteiger charge is -2.34. The largest absolute Gasteiger partial charge is 0.304 e. The summed E-state index contributed by atoms with van der Waals surface area (Å²) < 4.78 is 1.16. The molecule has 0 saturated heterocycles. The Balaban J connectivity index is 1.31. The highest BCUT2D eigenvalue weighted by atomic mass is 32.1. The van der Waals surface area contributed by atoms with Gasteiger partial charge in [0.15, 0.2) is 0 Å². The number of fused-ring (bicyclic) bond motifs is 2. The number of benzene rings is 4. The first kappa shape index (κ1) is 35.8. The van der Waals surface area contributed by atoms with E-state index in [0.717, 1.165) is 59.5 Å². The molecule has 8 rings (SSSR count). The van der Waals surface area contributed by atoms with E-state index in [1.807, 2.05) is 125 Å². The van der Waals surface area contributed by atoms with E-state index in [4.69, 9.17) is 25.0 Å². The number of para-hydroxylation sites is 1. The van der Waals surface area contributed by atoms with E-state index in [1.165, 1.54) is 0 Å². The van der Waals surface area contributed by atoms with E-state index in [9.17, 15) is 10.8 Å². The molecule has 55 heavy (non-hydrogen) atoms. The second-order valence-corrected chi connectivity index (χ2v) is 15.8. The van der Waals surface area contributed by atoms with Crippen molar-refractivity contribution in [3.8, 4) is 21.7 Å². The third-order valence-electron chi connectivity index (χ3n) is 9.41. The predicted molar refractivity (Wildman–Crippen MR) is 230 cm³/mol. The van der Waals surface area contributed by atoms with Crippen molar-refractivity contribution in [2.75, 3.05) is 4.90 Å². The van der Waals surface area contributed by atoms with Crippen LogP contribution in [-0.4, -0.2) is 45.6 Å². The van der Waals surface area contributed by atoms with Gasteiger partial charge in [0, 0.05) is 28.8 Å². The summed E-state index contributed by atoms with van der Waals surface area (Å²) in [6, 6.07) is 30.8. The Labute approximate surface area is 325 Å². The first-order chi connectivity index (χ1) is 26.5. The number of nitrogens with zero attached hydrogens (tertiary/aromatic N) is 6. The number of nitrogens with one attached hydrogen (secondary N) is 2. The molecule has 272 valence electrons. The fourth-order valence-corrected chi connectivity index (χ4v) is 8.03. The van der Waals surface area contributed by atoms with Crippen molar-refractivity contribution in [2.24, 2.45) is 20.0 Å². The van der Waals surface area contributed by atoms with E-state index in [0.29, 0.717) is 28.5 Å². The minimum Gasteiger partial charge on any atom is -0.304 e. The monoisotopic (exact) mass is 738 g/mol. The number of aromatic nitrogens is 1. The van der Waals surface area contributed by atoms with Crippen LogP contribution in [0.2, 0.25) is 0 Å². The smallest absolute Gasteiger partial charge is 0.146 e. The Bertz CT molecular complexity index is 2670. The molecule has 2 N–H and O–H groups in total. The van der Waals surface area contributed by atoms with Crippen molar-refractivity contribution in [1.82, 2.24) is 4.98 Å². The number of anilines is 1. The Hall–Kier alpha value is -6.19. The normalized spacial score (nSPS) is 17.7. The molecule has 4 aromatic carbocycles. The van der Waals surface area contributed by atoms with Gasteiger partial charge in [0.2, 0.25) is 0 Å². The first-order valence-corrected chi connectivity index (χ1v) is 19.4. The minimum absolute atomic E-state index is 0.00322. The van der Waals surface area contributed by atoms with E-state index >= 15 is 0 Å². The van der Waals surface area contributed by atoms with Crippen molar-refractivity contribution < 1.29 is 0 Å². The summed E-state index contributed by atoms with van der Waals surface area (Å²) in [4.78, 5) is 27.2. The average molecular weight is 739 g/mol. The van der Waals surface area contributed by atoms with Gasteiger partial charge in [0.05, 0.1) is 44.1 Å². The van der Waals surface area contributed by atoms with Crippen LogP contribution < -0.4 is 15.6 Å². The lowest BCUT2D eigenvalue weighted by Crippen LogP contribution is -2.42. The average Bonchev–Trinajstić information content (AvgIpc) is 3.75. The third-order valence-corrected chi connectivity index (χ3v) is 10.5. The summed E-state index contributed by atoms with van der Waals surface area (Å²) in [5.74, 6) is 0. The number of hydrogen-bond donors (Lipinski definition) is 2. The van der Waals surface area contributed by atoms with Crippen LogP contribution in [0.1, 0.15) is 47.1 Å². The van der Waals surface area contributed by atoms with Crippen LogP contribution in [0, 0.1) is 10.8 Å². The molecule has 0 radical (unpaired) electrons. The highest BCUT2D eigenvalue weighted by Gasteiger charge is 2.34. The number of hydrogen-bond acceptors (Lipinski definition) is 9. The summed E-state index contributed by atoms with van der Waals surface area (Å²) in [6.07, 6.45) is 9.76. The van der Waals surface area contributed by atoms with Crippen molar-refractivity contribution in [3.63, 3.8) is 0 Å². The van der Waals surface area contributed by atoms with Crippen LogP contribution >= 0.6 is 11.3 Å². The molecule has 5 aromatic rings. The first-order valence-electron chi connectivity index (χ1n) is 18.6. The van der Waals surface area contributed by atoms with E-state index in [-0.39, 0.29) is 17.8 Å². The van der Waals surface area contributed by atoms with Gasteiger partial charge in [-0.25, -0.2) is 4.98 Å². The molecule has 0 saturated carbocycles. The minimum atomic E-state index is -0.721. The molecule has 3 aliphatic rings. The third kappa shape index (κ3) is 6.87. The molecule has 0 bridgehead atoms. The van der Waals surface area contributed by atoms with Gasteiger partial charge in [0.1, 0.15) is 27.5 Å². The molecular formula is C46H42N8S. The molecule has 1 aromatic heterocycles. The zero-order chi connectivity index (χ0) is 38.4. The maximum Gasteiger partial charge on any atom is 0.146 e. The number of rotatable bonds is 8. The molecule has 0 unspecified atom stereocenters. The molecule has 0 spiro atoms. The zero-order valence-electron chi connectivity index (χ0n) is 31.8.